The molecule has 0 aliphatic rings. The molecule has 3 atom stereocenters. The molecule has 0 aliphatic carbocycles. The van der Waals surface area contributed by atoms with Crippen molar-refractivity contribution in [3.8, 4) is 0 Å². The van der Waals surface area contributed by atoms with Crippen molar-refractivity contribution in [3.63, 3.8) is 0 Å². The summed E-state index contributed by atoms with van der Waals surface area (Å²) < 4.78 is 5.40. The first kappa shape index (κ1) is 38.4. The highest BCUT2D eigenvalue weighted by Gasteiger charge is 2.31. The lowest BCUT2D eigenvalue weighted by atomic mass is 9.84. The maximum Gasteiger partial charge on any atom is 0.408 e. The van der Waals surface area contributed by atoms with Crippen LogP contribution in [0.15, 0.2) is 77.8 Å². The Labute approximate surface area is 302 Å². The van der Waals surface area contributed by atoms with E-state index in [9.17, 15) is 19.2 Å². The highest BCUT2D eigenvalue weighted by atomic mass is 32.1. The van der Waals surface area contributed by atoms with Gasteiger partial charge >= 0.3 is 12.1 Å². The Morgan fingerprint density at radius 2 is 1.48 bits per heavy atom. The van der Waals surface area contributed by atoms with Crippen LogP contribution < -0.4 is 10.6 Å². The second-order valence-corrected chi connectivity index (χ2v) is 15.0. The number of nitrogens with one attached hydrogen (secondary N) is 2. The molecular weight excluding hydrogens is 671 g/mol. The lowest BCUT2D eigenvalue weighted by Gasteiger charge is -2.27. The highest BCUT2D eigenvalue weighted by molar-refractivity contribution is 7.09. The van der Waals surface area contributed by atoms with Gasteiger partial charge in [-0.25, -0.2) is 14.6 Å². The number of aromatic nitrogens is 2. The molecule has 2 aromatic heterocycles. The van der Waals surface area contributed by atoms with Crippen molar-refractivity contribution in [1.82, 2.24) is 25.5 Å². The number of Topliss-reactive ketones (excluding diaryl/α,β-unsaturated/α-hetero) is 2. The largest absolute Gasteiger partial charge is 0.444 e. The number of urea groups is 1. The highest BCUT2D eigenvalue weighted by Crippen LogP contribution is 2.23. The number of amides is 3. The fourth-order valence-electron chi connectivity index (χ4n) is 5.57. The average molecular weight is 718 g/mol. The van der Waals surface area contributed by atoms with Crippen LogP contribution in [0.25, 0.3) is 0 Å². The number of rotatable bonds is 18. The molecule has 4 aromatic rings. The van der Waals surface area contributed by atoms with E-state index in [1.807, 2.05) is 79.9 Å². The molecule has 2 N–H and O–H groups in total. The Hall–Kier alpha value is -4.42. The molecular formula is C38H47N5O5S2. The Kier molecular flexibility index (Phi) is 14.7. The van der Waals surface area contributed by atoms with Crippen LogP contribution in [-0.2, 0) is 40.3 Å². The van der Waals surface area contributed by atoms with Gasteiger partial charge in [0.25, 0.3) is 0 Å². The van der Waals surface area contributed by atoms with E-state index in [0.717, 1.165) is 26.7 Å². The van der Waals surface area contributed by atoms with E-state index in [4.69, 9.17) is 4.74 Å². The van der Waals surface area contributed by atoms with Crippen molar-refractivity contribution in [2.45, 2.75) is 84.5 Å². The summed E-state index contributed by atoms with van der Waals surface area (Å²) in [6.45, 7) is 8.32. The van der Waals surface area contributed by atoms with E-state index in [1.165, 1.54) is 16.2 Å². The molecule has 2 aromatic carbocycles. The number of hydrogen-bond acceptors (Lipinski definition) is 9. The van der Waals surface area contributed by atoms with E-state index in [0.29, 0.717) is 18.9 Å². The molecule has 3 unspecified atom stereocenters. The molecule has 0 aliphatic heterocycles. The summed E-state index contributed by atoms with van der Waals surface area (Å²) in [5.74, 6) is -0.598. The lowest BCUT2D eigenvalue weighted by molar-refractivity contribution is -0.124. The molecule has 266 valence electrons. The van der Waals surface area contributed by atoms with Gasteiger partial charge in [-0.1, -0.05) is 88.4 Å². The van der Waals surface area contributed by atoms with E-state index in [1.54, 1.807) is 30.1 Å². The molecule has 0 fully saturated rings. The molecule has 10 nitrogen and oxygen atoms in total. The van der Waals surface area contributed by atoms with Gasteiger partial charge in [0, 0.05) is 37.4 Å². The number of carbonyl (C=O) groups is 4. The van der Waals surface area contributed by atoms with E-state index < -0.39 is 18.2 Å². The predicted octanol–water partition coefficient (Wildman–Crippen LogP) is 7.20. The first-order valence-electron chi connectivity index (χ1n) is 16.9. The van der Waals surface area contributed by atoms with Gasteiger partial charge in [0.2, 0.25) is 0 Å². The lowest BCUT2D eigenvalue weighted by Crippen LogP contribution is -2.49. The Balaban J connectivity index is 1.47. The molecule has 4 rings (SSSR count). The SMILES string of the molecule is CC(C)c1nc(CN(C)C(=O)NC(C(=O)CC(CC(=O)C(Cc2ccccc2)NC(=O)OCc2cncs2)Cc2ccccc2)C(C)C)cs1. The quantitative estimate of drug-likeness (QED) is 0.111. The zero-order valence-electron chi connectivity index (χ0n) is 29.3. The second-order valence-electron chi connectivity index (χ2n) is 13.2. The summed E-state index contributed by atoms with van der Waals surface area (Å²) in [6, 6.07) is 17.2. The van der Waals surface area contributed by atoms with Crippen LogP contribution in [0, 0.1) is 11.8 Å². The fraction of sp³-hybridized carbons (Fsp3) is 0.421. The summed E-state index contributed by atoms with van der Waals surface area (Å²) in [7, 11) is 1.69. The third-order valence-electron chi connectivity index (χ3n) is 8.24. The Morgan fingerprint density at radius 3 is 2.06 bits per heavy atom. The van der Waals surface area contributed by atoms with Crippen molar-refractivity contribution in [1.29, 1.82) is 0 Å². The van der Waals surface area contributed by atoms with Gasteiger partial charge in [0.1, 0.15) is 6.61 Å². The number of ketones is 2. The fourth-order valence-corrected chi connectivity index (χ4v) is 6.90. The van der Waals surface area contributed by atoms with Crippen LogP contribution in [0.1, 0.15) is 73.2 Å². The first-order valence-corrected chi connectivity index (χ1v) is 18.6. The van der Waals surface area contributed by atoms with Crippen molar-refractivity contribution in [2.75, 3.05) is 7.05 Å². The molecule has 0 saturated heterocycles. The van der Waals surface area contributed by atoms with E-state index >= 15 is 0 Å². The summed E-state index contributed by atoms with van der Waals surface area (Å²) in [5.41, 5.74) is 4.33. The number of nitrogens with zero attached hydrogens (tertiary/aromatic N) is 3. The van der Waals surface area contributed by atoms with Crippen LogP contribution in [0.5, 0.6) is 0 Å². The molecule has 0 radical (unpaired) electrons. The Morgan fingerprint density at radius 1 is 0.840 bits per heavy atom. The summed E-state index contributed by atoms with van der Waals surface area (Å²) in [5, 5.41) is 8.69. The van der Waals surface area contributed by atoms with Gasteiger partial charge in [-0.2, -0.15) is 0 Å². The smallest absolute Gasteiger partial charge is 0.408 e. The minimum absolute atomic E-state index is 0.0495. The van der Waals surface area contributed by atoms with Crippen molar-refractivity contribution in [3.05, 3.63) is 104 Å². The zero-order valence-corrected chi connectivity index (χ0v) is 31.0. The van der Waals surface area contributed by atoms with Gasteiger partial charge in [-0.15, -0.1) is 22.7 Å². The summed E-state index contributed by atoms with van der Waals surface area (Å²) >= 11 is 2.94. The number of thiazole rings is 2. The Bertz CT molecular complexity index is 1660. The second kappa shape index (κ2) is 19.1. The van der Waals surface area contributed by atoms with Gasteiger partial charge in [0.15, 0.2) is 11.6 Å². The average Bonchev–Trinajstić information content (AvgIpc) is 3.79. The van der Waals surface area contributed by atoms with Gasteiger partial charge in [-0.3, -0.25) is 14.6 Å². The standard InChI is InChI=1S/C38H47N5O5S2/c1-25(2)35(42-37(46)43(5)21-30-23-49-36(40-30)26(3)4)34(45)19-29(16-27-12-8-6-9-13-27)18-33(44)32(17-28-14-10-7-11-15-28)41-38(47)48-22-31-20-39-24-50-31/h6-15,20,23-26,29,32,35H,16-19,21-22H2,1-5H3,(H,41,47)(H,42,46). The van der Waals surface area contributed by atoms with Crippen LogP contribution in [-0.4, -0.2) is 57.7 Å². The van der Waals surface area contributed by atoms with Crippen LogP contribution in [0.3, 0.4) is 0 Å². The molecule has 0 spiro atoms. The first-order chi connectivity index (χ1) is 24.0. The van der Waals surface area contributed by atoms with Crippen LogP contribution in [0.4, 0.5) is 9.59 Å². The molecule has 0 saturated carbocycles. The number of benzene rings is 2. The number of carbonyl (C=O) groups excluding carboxylic acids is 4. The minimum Gasteiger partial charge on any atom is -0.444 e. The predicted molar refractivity (Wildman–Crippen MR) is 197 cm³/mol. The molecule has 0 bridgehead atoms. The van der Waals surface area contributed by atoms with Crippen molar-refractivity contribution < 1.29 is 23.9 Å². The number of hydrogen-bond donors (Lipinski definition) is 2. The summed E-state index contributed by atoms with van der Waals surface area (Å²) in [6.07, 6.45) is 1.81. The monoisotopic (exact) mass is 717 g/mol. The van der Waals surface area contributed by atoms with Crippen molar-refractivity contribution in [2.24, 2.45) is 11.8 Å². The molecule has 50 heavy (non-hydrogen) atoms. The molecule has 2 heterocycles. The number of alkyl carbamates (subject to hydrolysis) is 1. The third kappa shape index (κ3) is 12.2. The molecule has 12 heteroatoms. The summed E-state index contributed by atoms with van der Waals surface area (Å²) in [4.78, 5) is 65.1. The van der Waals surface area contributed by atoms with Gasteiger partial charge in [0.05, 0.1) is 39.7 Å². The maximum atomic E-state index is 14.0. The van der Waals surface area contributed by atoms with Crippen LogP contribution >= 0.6 is 22.7 Å². The van der Waals surface area contributed by atoms with Crippen molar-refractivity contribution >= 4 is 46.4 Å². The van der Waals surface area contributed by atoms with Gasteiger partial charge < -0.3 is 20.3 Å². The third-order valence-corrected chi connectivity index (χ3v) is 10.2. The van der Waals surface area contributed by atoms with Crippen LogP contribution in [0.2, 0.25) is 0 Å². The zero-order chi connectivity index (χ0) is 36.0. The van der Waals surface area contributed by atoms with E-state index in [-0.39, 0.29) is 55.3 Å². The number of ether oxygens (including phenoxy) is 1. The molecule has 3 amide bonds. The maximum absolute atomic E-state index is 14.0. The topological polar surface area (TPSA) is 131 Å². The van der Waals surface area contributed by atoms with Gasteiger partial charge in [-0.05, 0) is 35.8 Å². The minimum atomic E-state index is -0.865. The normalized spacial score (nSPS) is 13.0. The van der Waals surface area contributed by atoms with E-state index in [2.05, 4.69) is 34.4 Å².